The van der Waals surface area contributed by atoms with E-state index in [1.165, 1.54) is 36.0 Å². The van der Waals surface area contributed by atoms with Gasteiger partial charge >= 0.3 is 19.5 Å². The Morgan fingerprint density at radius 1 is 0.534 bits per heavy atom. The Bertz CT molecular complexity index is 4420. The molecule has 5 heterocycles. The van der Waals surface area contributed by atoms with Crippen LogP contribution in [0.5, 0.6) is 34.5 Å². The Morgan fingerprint density at radius 2 is 0.951 bits per heavy atom. The van der Waals surface area contributed by atoms with E-state index in [4.69, 9.17) is 68.7 Å². The van der Waals surface area contributed by atoms with Crippen molar-refractivity contribution in [2.75, 3.05) is 39.6 Å². The number of allylic oxidation sites excluding steroid dienone is 19. The Labute approximate surface area is 623 Å². The van der Waals surface area contributed by atoms with Gasteiger partial charge in [-0.25, -0.2) is 9.98 Å². The maximum absolute atomic E-state index is 14.2. The van der Waals surface area contributed by atoms with Crippen LogP contribution in [-0.2, 0) is 24.3 Å². The van der Waals surface area contributed by atoms with Crippen LogP contribution in [0.1, 0.15) is 209 Å². The molecule has 6 aliphatic rings. The van der Waals surface area contributed by atoms with Gasteiger partial charge in [0.2, 0.25) is 0 Å². The Balaban J connectivity index is 0.0000123. The average Bonchev–Trinajstić information content (AvgIpc) is 1.60. The minimum absolute atomic E-state index is 0. The van der Waals surface area contributed by atoms with E-state index < -0.39 is 12.1 Å². The van der Waals surface area contributed by atoms with Crippen LogP contribution in [0.4, 0.5) is 0 Å². The number of ether oxygens (including phenoxy) is 6. The zero-order valence-corrected chi connectivity index (χ0v) is 66.2. The smallest absolute Gasteiger partial charge is 0.490 e. The molecular weight excluding hydrogens is 1340 g/mol. The number of aromatic nitrogens is 1. The Hall–Kier alpha value is -8.95. The summed E-state index contributed by atoms with van der Waals surface area (Å²) in [6.07, 6.45) is 44.5. The van der Waals surface area contributed by atoms with Crippen LogP contribution in [0.3, 0.4) is 0 Å². The number of hydrogen-bond acceptors (Lipinski definition) is 13. The topological polar surface area (TPSA) is 187 Å². The predicted octanol–water partition coefficient (Wildman–Crippen LogP) is 19.2. The van der Waals surface area contributed by atoms with E-state index in [-0.39, 0.29) is 30.8 Å². The zero-order chi connectivity index (χ0) is 72.1. The molecule has 2 unspecified atom stereocenters. The van der Waals surface area contributed by atoms with Gasteiger partial charge in [0.15, 0.2) is 40.3 Å². The summed E-state index contributed by atoms with van der Waals surface area (Å²) in [7, 11) is 0. The van der Waals surface area contributed by atoms with E-state index in [2.05, 4.69) is 118 Å². The molecule has 0 saturated carbocycles. The second kappa shape index (κ2) is 38.0. The van der Waals surface area contributed by atoms with Crippen molar-refractivity contribution in [3.05, 3.63) is 217 Å². The van der Waals surface area contributed by atoms with Crippen molar-refractivity contribution in [1.82, 2.24) is 10.3 Å². The molecule has 0 fully saturated rings. The van der Waals surface area contributed by atoms with E-state index in [9.17, 15) is 4.79 Å². The number of rotatable bonds is 34. The predicted molar refractivity (Wildman–Crippen MR) is 416 cm³/mol. The van der Waals surface area contributed by atoms with Crippen LogP contribution in [0.25, 0.3) is 16.1 Å². The van der Waals surface area contributed by atoms with Gasteiger partial charge in [-0.05, 0) is 162 Å². The van der Waals surface area contributed by atoms with Crippen LogP contribution in [0.2, 0.25) is 0 Å². The van der Waals surface area contributed by atoms with Crippen molar-refractivity contribution in [3.63, 3.8) is 0 Å². The van der Waals surface area contributed by atoms with E-state index >= 15 is 0 Å². The van der Waals surface area contributed by atoms with Crippen molar-refractivity contribution in [2.45, 2.75) is 192 Å². The summed E-state index contributed by atoms with van der Waals surface area (Å²) in [5.74, 6) is 4.66. The number of fused-ring (bicyclic) bond motifs is 17. The third-order valence-corrected chi connectivity index (χ3v) is 18.7. The minimum atomic E-state index is -0.811. The molecule has 0 spiro atoms. The molecule has 8 bridgehead atoms. The fraction of sp³-hybridized carbons (Fsp3) is 0.430. The fourth-order valence-electron chi connectivity index (χ4n) is 12.5. The third kappa shape index (κ3) is 20.3. The largest absolute Gasteiger partial charge is 2.00 e. The maximum atomic E-state index is 14.2. The van der Waals surface area contributed by atoms with Gasteiger partial charge in [0.05, 0.1) is 63.3 Å². The molecule has 538 valence electrons. The standard InChI is InChI=1S/C86H106N9O7.Zn/c1-14-20-43-97-71-50-64-65(51-72(71)98-44-21-15-2)81-91-79(64)89-77-62-40-39-61(87-85(96)60(11)36-29-35-57(8)32-27-26-31-56(7)33-28-34-58(9)38-41-70-59(10)37-30-42-86(70,12)13)49-63(62)78(88-77)90-80-66-52-73(99-45-22-16-3)74(100-46-23-17-4)53-67(66)82(92-80)94-84-69-55-76(102-48-25-19-6)75(101-47-24-18-5)54-68(69)83(93-81)95-84;/h26-29,31-36,38-41,49-55,63,78H,14-25,30,37,42-48H2,1-13H3,(H2,87,89,90,91,92,93,94,95,96);/q-1;+2/p-1/b27-26+,33-28+,35-29+,41-38+,56-31+,57-32+,58-34+,60-36+;. The van der Waals surface area contributed by atoms with Gasteiger partial charge in [-0.1, -0.05) is 207 Å². The average molecular weight is 1440 g/mol. The number of carbonyl (C=O) groups excluding carboxylic acids is 1. The molecule has 16 nitrogen and oxygen atoms in total. The molecule has 0 saturated heterocycles. The van der Waals surface area contributed by atoms with Crippen LogP contribution < -0.4 is 49.7 Å². The number of hydrogen-bond donors (Lipinski definition) is 1. The minimum Gasteiger partial charge on any atom is -0.490 e. The van der Waals surface area contributed by atoms with E-state index in [0.29, 0.717) is 159 Å². The number of amidine groups is 4. The van der Waals surface area contributed by atoms with Crippen LogP contribution >= 0.6 is 0 Å². The van der Waals surface area contributed by atoms with Gasteiger partial charge in [0, 0.05) is 50.4 Å². The van der Waals surface area contributed by atoms with Gasteiger partial charge in [0.1, 0.15) is 0 Å². The van der Waals surface area contributed by atoms with Crippen LogP contribution in [-0.4, -0.2) is 75.1 Å². The number of nitrogens with zero attached hydrogens (tertiary/aromatic N) is 8. The molecule has 3 aromatic carbocycles. The van der Waals surface area contributed by atoms with Gasteiger partial charge in [-0.2, -0.15) is 0 Å². The number of unbranched alkanes of at least 4 members (excludes halogenated alkanes) is 6. The Kier molecular flexibility index (Phi) is 28.8. The van der Waals surface area contributed by atoms with Crippen LogP contribution in [0, 0.1) is 11.3 Å². The molecule has 103 heavy (non-hydrogen) atoms. The molecule has 17 heteroatoms. The van der Waals surface area contributed by atoms with Gasteiger partial charge in [0.25, 0.3) is 5.91 Å². The van der Waals surface area contributed by atoms with Crippen molar-refractivity contribution in [3.8, 4) is 34.5 Å². The molecule has 4 aromatic rings. The summed E-state index contributed by atoms with van der Waals surface area (Å²) in [6.45, 7) is 30.9. The number of aliphatic imine (C=N–C) groups is 4. The first-order valence-electron chi connectivity index (χ1n) is 37.4. The normalized spacial score (nSPS) is 18.9. The van der Waals surface area contributed by atoms with Gasteiger partial charge in [-0.15, -0.1) is 0 Å². The van der Waals surface area contributed by atoms with E-state index in [0.717, 1.165) is 93.8 Å². The van der Waals surface area contributed by atoms with Gasteiger partial charge in [-0.3, -0.25) is 9.79 Å². The summed E-state index contributed by atoms with van der Waals surface area (Å²) in [5, 5.41) is 9.92. The first-order chi connectivity index (χ1) is 49.5. The van der Waals surface area contributed by atoms with Crippen molar-refractivity contribution in [2.24, 2.45) is 41.3 Å². The molecule has 4 aliphatic heterocycles. The summed E-state index contributed by atoms with van der Waals surface area (Å²) in [4.78, 5) is 51.7. The number of carbonyl (C=O) groups is 1. The van der Waals surface area contributed by atoms with Crippen LogP contribution in [0.15, 0.2) is 208 Å². The molecule has 1 aromatic heterocycles. The summed E-state index contributed by atoms with van der Waals surface area (Å²) < 4.78 is 39.2. The molecule has 2 atom stereocenters. The third-order valence-electron chi connectivity index (χ3n) is 18.7. The first-order valence-corrected chi connectivity index (χ1v) is 37.4. The molecule has 10 rings (SSSR count). The van der Waals surface area contributed by atoms with Crippen molar-refractivity contribution in [1.29, 1.82) is 0 Å². The molecule has 0 radical (unpaired) electrons. The number of amides is 1. The first kappa shape index (κ1) is 78.2. The second-order valence-electron chi connectivity index (χ2n) is 27.7. The van der Waals surface area contributed by atoms with Gasteiger partial charge < -0.3 is 59.0 Å². The summed E-state index contributed by atoms with van der Waals surface area (Å²) in [5.41, 5.74) is 12.0. The van der Waals surface area contributed by atoms with Crippen molar-refractivity contribution >= 4 is 40.0 Å². The summed E-state index contributed by atoms with van der Waals surface area (Å²) in [6, 6.07) is 11.8. The molecular formula is C86H105N9O7Zn. The second-order valence-corrected chi connectivity index (χ2v) is 27.7. The molecule has 1 amide bonds. The molecule has 2 aliphatic carbocycles. The maximum Gasteiger partial charge on any atom is 2.00 e. The Morgan fingerprint density at radius 3 is 1.42 bits per heavy atom. The van der Waals surface area contributed by atoms with E-state index in [1.807, 2.05) is 98.0 Å². The quantitative estimate of drug-likeness (QED) is 0.0207. The molecule has 1 N–H and O–H groups in total. The van der Waals surface area contributed by atoms with Crippen molar-refractivity contribution < 1.29 is 52.7 Å². The zero-order valence-electron chi connectivity index (χ0n) is 63.3. The number of benzene rings is 3. The monoisotopic (exact) mass is 1440 g/mol. The van der Waals surface area contributed by atoms with E-state index in [1.54, 1.807) is 6.92 Å². The fourth-order valence-corrected chi connectivity index (χ4v) is 12.5. The SMILES string of the molecule is CCCCOc1cc2c(cc1OCCCC)/C1=N/C3=C4C=CC(NC(=O)/C(C)=C/C=C/C(C)=C/C=C/C=C(C)/C=C/C=C(C)/C=C/C5=C(C)CCCC5(C)C)=CC4C(/N=C4\N=C(N=c5[n-]c(c6cc(OCCCC)c(OCCCC)cc56)=NC2=N1)c1cc(OCCCC)c(OCCCC)cc14)[N-]3.[Zn+2]. The number of nitrogens with one attached hydrogen (secondary N) is 1. The summed E-state index contributed by atoms with van der Waals surface area (Å²) >= 11 is 0.